The molecule has 1 rings (SSSR count). The summed E-state index contributed by atoms with van der Waals surface area (Å²) >= 11 is 0. The van der Waals surface area contributed by atoms with Crippen molar-refractivity contribution in [3.05, 3.63) is 34.8 Å². The number of nitrogens with zero attached hydrogens (tertiary/aromatic N) is 5. The van der Waals surface area contributed by atoms with Crippen LogP contribution in [-0.2, 0) is 52.4 Å². The first-order valence-electron chi connectivity index (χ1n) is 19.0. The molecule has 0 saturated carbocycles. The van der Waals surface area contributed by atoms with Gasteiger partial charge in [-0.05, 0) is 116 Å². The fourth-order valence-corrected chi connectivity index (χ4v) is 8.67. The number of rotatable bonds is 30. The van der Waals surface area contributed by atoms with Crippen molar-refractivity contribution < 1.29 is 52.4 Å². The molecule has 0 saturated heterocycles. The molecule has 16 nitrogen and oxygen atoms in total. The predicted molar refractivity (Wildman–Crippen MR) is 218 cm³/mol. The van der Waals surface area contributed by atoms with Gasteiger partial charge in [0.15, 0.2) is 0 Å². The lowest BCUT2D eigenvalue weighted by Gasteiger charge is -2.43. The topological polar surface area (TPSA) is 206 Å². The number of hydrogen-bond acceptors (Lipinski definition) is 16. The number of methoxy groups -OCH3 is 1. The third-order valence-electron chi connectivity index (χ3n) is 9.36. The van der Waals surface area contributed by atoms with Gasteiger partial charge in [0.2, 0.25) is 0 Å². The molecule has 18 heteroatoms. The molecule has 3 atom stereocenters. The van der Waals surface area contributed by atoms with Gasteiger partial charge < -0.3 is 28.4 Å². The fraction of sp³-hybridized carbons (Fsp3) is 0.744. The van der Waals surface area contributed by atoms with Crippen LogP contribution < -0.4 is 0 Å². The average molecular weight is 842 g/mol. The predicted octanol–water partition coefficient (Wildman–Crippen LogP) is 6.85. The molecule has 322 valence electrons. The Morgan fingerprint density at radius 3 is 1.96 bits per heavy atom. The van der Waals surface area contributed by atoms with Crippen molar-refractivity contribution in [2.24, 2.45) is 26.8 Å². The minimum absolute atomic E-state index is 0.00970. The molecule has 0 aliphatic rings. The van der Waals surface area contributed by atoms with Crippen LogP contribution in [0.1, 0.15) is 88.0 Å². The summed E-state index contributed by atoms with van der Waals surface area (Å²) in [5.74, 6) is -2.23. The van der Waals surface area contributed by atoms with Crippen molar-refractivity contribution >= 4 is 51.9 Å². The first-order chi connectivity index (χ1) is 26.8. The van der Waals surface area contributed by atoms with E-state index in [2.05, 4.69) is 19.9 Å². The van der Waals surface area contributed by atoms with Gasteiger partial charge >= 0.3 is 23.9 Å². The zero-order valence-corrected chi connectivity index (χ0v) is 36.9. The minimum Gasteiger partial charge on any atom is -0.468 e. The van der Waals surface area contributed by atoms with E-state index in [-0.39, 0.29) is 90.4 Å². The molecule has 0 aromatic carbocycles. The molecule has 0 aliphatic carbocycles. The average Bonchev–Trinajstić information content (AvgIpc) is 3.14. The summed E-state index contributed by atoms with van der Waals surface area (Å²) in [5, 5.41) is 4.20. The first kappa shape index (κ1) is 51.4. The van der Waals surface area contributed by atoms with Gasteiger partial charge in [0.1, 0.15) is 24.8 Å². The highest BCUT2D eigenvalue weighted by molar-refractivity contribution is 8.76. The van der Waals surface area contributed by atoms with Crippen LogP contribution in [0.4, 0.5) is 0 Å². The Morgan fingerprint density at radius 1 is 0.807 bits per heavy atom. The van der Waals surface area contributed by atoms with Gasteiger partial charge in [0, 0.05) is 42.6 Å². The van der Waals surface area contributed by atoms with Gasteiger partial charge in [0.25, 0.3) is 6.47 Å². The lowest BCUT2D eigenvalue weighted by atomic mass is 9.61. The molecule has 0 amide bonds. The summed E-state index contributed by atoms with van der Waals surface area (Å²) in [6.07, 6.45) is 1.15. The van der Waals surface area contributed by atoms with Crippen LogP contribution in [0.5, 0.6) is 0 Å². The van der Waals surface area contributed by atoms with E-state index in [1.807, 2.05) is 45.9 Å². The Kier molecular flexibility index (Phi) is 23.2. The normalized spacial score (nSPS) is 14.8. The molecule has 0 bridgehead atoms. The number of hydrogen-bond donors (Lipinski definition) is 0. The highest BCUT2D eigenvalue weighted by atomic mass is 33.1. The summed E-state index contributed by atoms with van der Waals surface area (Å²) in [5.41, 5.74) is 2.85. The highest BCUT2D eigenvalue weighted by Gasteiger charge is 2.54. The smallest absolute Gasteiger partial charge is 0.312 e. The summed E-state index contributed by atoms with van der Waals surface area (Å²) in [7, 11) is 4.34. The SMILES string of the molecule is COCCOC(=O)C(C)(CCOC=O)CC(C)(CC(C)(CC(C)(C)C(=O)OCCN=[N+]=[N-])C(=O)OCCSSc1ccccn1)C(=O)OCCN(C(C)C)C(C)C. The van der Waals surface area contributed by atoms with E-state index in [0.29, 0.717) is 12.3 Å². The highest BCUT2D eigenvalue weighted by Crippen LogP contribution is 2.50. The summed E-state index contributed by atoms with van der Waals surface area (Å²) in [4.78, 5) is 76.4. The molecule has 0 N–H and O–H groups in total. The van der Waals surface area contributed by atoms with Gasteiger partial charge in [-0.25, -0.2) is 4.98 Å². The van der Waals surface area contributed by atoms with Crippen LogP contribution in [0, 0.1) is 21.7 Å². The van der Waals surface area contributed by atoms with E-state index < -0.39 is 45.5 Å². The number of ether oxygens (including phenoxy) is 6. The Labute approximate surface area is 345 Å². The number of pyridine rings is 1. The van der Waals surface area contributed by atoms with Crippen LogP contribution >= 0.6 is 21.6 Å². The maximum Gasteiger partial charge on any atom is 0.312 e. The second kappa shape index (κ2) is 25.7. The van der Waals surface area contributed by atoms with Crippen molar-refractivity contribution in [3.8, 4) is 0 Å². The van der Waals surface area contributed by atoms with Gasteiger partial charge in [-0.15, -0.1) is 0 Å². The second-order valence-corrected chi connectivity index (χ2v) is 18.2. The minimum atomic E-state index is -1.56. The lowest BCUT2D eigenvalue weighted by Crippen LogP contribution is -2.48. The van der Waals surface area contributed by atoms with E-state index >= 15 is 0 Å². The van der Waals surface area contributed by atoms with Crippen molar-refractivity contribution in [3.63, 3.8) is 0 Å². The fourth-order valence-electron chi connectivity index (χ4n) is 6.96. The standard InChI is InChI=1S/C39H63N5O11S2/c1-29(2)44(30(3)4)17-20-53-35(49)39(9,26-37(7,14-18-51-28-45)33(47)54-22-21-50-10)27-38(8,25-36(5,6)32(46)52-19-16-42-43-40)34(48)55-23-24-56-57-31-13-11-12-15-41-31/h11-13,15,28-30H,14,16-27H2,1-10H3. The molecule has 0 fully saturated rings. The molecular formula is C39H63N5O11S2. The molecule has 57 heavy (non-hydrogen) atoms. The van der Waals surface area contributed by atoms with Crippen LogP contribution in [0.2, 0.25) is 0 Å². The van der Waals surface area contributed by atoms with Crippen molar-refractivity contribution in [1.29, 1.82) is 0 Å². The molecule has 1 aromatic heterocycles. The van der Waals surface area contributed by atoms with Crippen molar-refractivity contribution in [2.45, 2.75) is 105 Å². The van der Waals surface area contributed by atoms with Crippen LogP contribution in [0.25, 0.3) is 10.4 Å². The number of esters is 4. The van der Waals surface area contributed by atoms with E-state index in [0.717, 1.165) is 5.03 Å². The van der Waals surface area contributed by atoms with Crippen LogP contribution in [0.3, 0.4) is 0 Å². The number of aromatic nitrogens is 1. The largest absolute Gasteiger partial charge is 0.468 e. The Morgan fingerprint density at radius 2 is 1.39 bits per heavy atom. The Balaban J connectivity index is 3.67. The third-order valence-corrected chi connectivity index (χ3v) is 11.6. The maximum atomic E-state index is 14.5. The van der Waals surface area contributed by atoms with E-state index in [1.165, 1.54) is 28.7 Å². The third kappa shape index (κ3) is 18.3. The van der Waals surface area contributed by atoms with Gasteiger partial charge in [-0.1, -0.05) is 22.0 Å². The molecule has 1 heterocycles. The van der Waals surface area contributed by atoms with Gasteiger partial charge in [-0.2, -0.15) is 0 Å². The van der Waals surface area contributed by atoms with Gasteiger partial charge in [0.05, 0.1) is 48.0 Å². The Hall–Kier alpha value is -3.57. The first-order valence-corrected chi connectivity index (χ1v) is 21.3. The number of carbonyl (C=O) groups is 5. The number of azide groups is 1. The van der Waals surface area contributed by atoms with Crippen molar-refractivity contribution in [2.75, 3.05) is 65.6 Å². The second-order valence-electron chi connectivity index (χ2n) is 15.8. The zero-order valence-electron chi connectivity index (χ0n) is 35.3. The van der Waals surface area contributed by atoms with Crippen LogP contribution in [0.15, 0.2) is 34.5 Å². The molecule has 0 radical (unpaired) electrons. The monoisotopic (exact) mass is 841 g/mol. The zero-order chi connectivity index (χ0) is 43.1. The van der Waals surface area contributed by atoms with E-state index in [4.69, 9.17) is 34.0 Å². The lowest BCUT2D eigenvalue weighted by molar-refractivity contribution is -0.173. The summed E-state index contributed by atoms with van der Waals surface area (Å²) in [6.45, 7) is 16.7. The van der Waals surface area contributed by atoms with E-state index in [9.17, 15) is 24.0 Å². The summed E-state index contributed by atoms with van der Waals surface area (Å²) in [6, 6.07) is 5.90. The van der Waals surface area contributed by atoms with Crippen LogP contribution in [-0.4, -0.2) is 118 Å². The molecule has 0 spiro atoms. The molecule has 3 unspecified atom stereocenters. The molecule has 0 aliphatic heterocycles. The Bertz CT molecular complexity index is 1460. The molecule has 1 aromatic rings. The number of carbonyl (C=O) groups excluding carboxylic acids is 5. The van der Waals surface area contributed by atoms with Crippen molar-refractivity contribution in [1.82, 2.24) is 9.88 Å². The maximum absolute atomic E-state index is 14.5. The van der Waals surface area contributed by atoms with E-state index in [1.54, 1.807) is 40.8 Å². The molecular weight excluding hydrogens is 779 g/mol. The quantitative estimate of drug-likeness (QED) is 0.0114. The summed E-state index contributed by atoms with van der Waals surface area (Å²) < 4.78 is 32.9. The van der Waals surface area contributed by atoms with Gasteiger partial charge in [-0.3, -0.25) is 28.9 Å².